The fraction of sp³-hybridized carbons (Fsp3) is 0.435. The Morgan fingerprint density at radius 1 is 0.931 bits per heavy atom. The number of nitrogens with zero attached hydrogens (tertiary/aromatic N) is 1. The summed E-state index contributed by atoms with van der Waals surface area (Å²) in [6, 6.07) is 18.6. The van der Waals surface area contributed by atoms with Gasteiger partial charge in [-0.2, -0.15) is 4.31 Å². The highest BCUT2D eigenvalue weighted by atomic mass is 32.2. The van der Waals surface area contributed by atoms with Crippen LogP contribution >= 0.6 is 0 Å². The number of rotatable bonds is 9. The molecule has 0 radical (unpaired) electrons. The molecule has 0 bridgehead atoms. The number of aryl methyl sites for hydroxylation is 1. The van der Waals surface area contributed by atoms with Crippen LogP contribution in [0.25, 0.3) is 0 Å². The van der Waals surface area contributed by atoms with Gasteiger partial charge in [-0.15, -0.1) is 0 Å². The Balaban J connectivity index is 1.51. The monoisotopic (exact) mass is 415 g/mol. The lowest BCUT2D eigenvalue weighted by molar-refractivity contribution is -0.149. The van der Waals surface area contributed by atoms with Crippen molar-refractivity contribution in [1.29, 1.82) is 0 Å². The summed E-state index contributed by atoms with van der Waals surface area (Å²) in [6.07, 6.45) is 4.78. The molecule has 0 unspecified atom stereocenters. The lowest BCUT2D eigenvalue weighted by Crippen LogP contribution is -2.49. The van der Waals surface area contributed by atoms with Crippen molar-refractivity contribution in [3.8, 4) is 0 Å². The first-order valence-electron chi connectivity index (χ1n) is 10.3. The molecular formula is C23H29NO4S. The van der Waals surface area contributed by atoms with Crippen LogP contribution in [0.1, 0.15) is 43.2 Å². The first kappa shape index (κ1) is 21.5. The lowest BCUT2D eigenvalue weighted by Gasteiger charge is -2.33. The molecule has 29 heavy (non-hydrogen) atoms. The molecule has 1 heterocycles. The fourth-order valence-electron chi connectivity index (χ4n) is 3.69. The Morgan fingerprint density at radius 3 is 2.28 bits per heavy atom. The van der Waals surface area contributed by atoms with Crippen molar-refractivity contribution in [2.75, 3.05) is 13.2 Å². The van der Waals surface area contributed by atoms with Crippen molar-refractivity contribution < 1.29 is 17.9 Å². The van der Waals surface area contributed by atoms with Crippen LogP contribution in [0.5, 0.6) is 0 Å². The van der Waals surface area contributed by atoms with E-state index in [4.69, 9.17) is 4.74 Å². The van der Waals surface area contributed by atoms with Crippen molar-refractivity contribution in [2.24, 2.45) is 0 Å². The fourth-order valence-corrected chi connectivity index (χ4v) is 5.45. The van der Waals surface area contributed by atoms with Crippen LogP contribution in [0.4, 0.5) is 0 Å². The molecule has 0 spiro atoms. The Kier molecular flexibility index (Phi) is 7.83. The minimum Gasteiger partial charge on any atom is -0.464 e. The summed E-state index contributed by atoms with van der Waals surface area (Å²) in [4.78, 5) is 12.6. The van der Waals surface area contributed by atoms with Crippen molar-refractivity contribution in [2.45, 2.75) is 50.3 Å². The molecule has 1 fully saturated rings. The number of hydrogen-bond acceptors (Lipinski definition) is 4. The minimum atomic E-state index is -3.57. The Hall–Kier alpha value is -2.18. The number of piperidine rings is 1. The molecule has 1 aliphatic rings. The summed E-state index contributed by atoms with van der Waals surface area (Å²) in [7, 11) is -3.57. The zero-order chi connectivity index (χ0) is 20.5. The van der Waals surface area contributed by atoms with E-state index in [-0.39, 0.29) is 5.75 Å². The standard InChI is InChI=1S/C23H29NO4S/c25-23(28-18-10-8-13-20-11-3-1-4-12-20)22-16-7-9-17-24(22)29(26,27)19-21-14-5-2-6-15-21/h1-6,11-12,14-15,22H,7-10,13,16-19H2/t22-/m0/s1. The van der Waals surface area contributed by atoms with E-state index < -0.39 is 22.0 Å². The van der Waals surface area contributed by atoms with Crippen LogP contribution in [-0.4, -0.2) is 37.9 Å². The molecule has 0 saturated carbocycles. The molecule has 0 aliphatic carbocycles. The van der Waals surface area contributed by atoms with Gasteiger partial charge in [-0.25, -0.2) is 8.42 Å². The number of ether oxygens (including phenoxy) is 1. The molecule has 6 heteroatoms. The van der Waals surface area contributed by atoms with E-state index in [1.807, 2.05) is 36.4 Å². The number of carbonyl (C=O) groups is 1. The van der Waals surface area contributed by atoms with Gasteiger partial charge in [0, 0.05) is 6.54 Å². The third kappa shape index (κ3) is 6.41. The van der Waals surface area contributed by atoms with Gasteiger partial charge < -0.3 is 4.74 Å². The average molecular weight is 416 g/mol. The zero-order valence-corrected chi connectivity index (χ0v) is 17.5. The Labute approximate surface area is 173 Å². The number of unbranched alkanes of at least 4 members (excludes halogenated alkanes) is 1. The molecule has 1 atom stereocenters. The lowest BCUT2D eigenvalue weighted by atomic mass is 10.1. The molecule has 0 amide bonds. The first-order valence-corrected chi connectivity index (χ1v) is 11.9. The molecule has 5 nitrogen and oxygen atoms in total. The summed E-state index contributed by atoms with van der Waals surface area (Å²) < 4.78 is 32.6. The highest BCUT2D eigenvalue weighted by Crippen LogP contribution is 2.24. The highest BCUT2D eigenvalue weighted by Gasteiger charge is 2.37. The summed E-state index contributed by atoms with van der Waals surface area (Å²) in [6.45, 7) is 0.706. The maximum absolute atomic E-state index is 12.9. The third-order valence-electron chi connectivity index (χ3n) is 5.22. The quantitative estimate of drug-likeness (QED) is 0.460. The molecule has 0 aromatic heterocycles. The predicted octanol–water partition coefficient (Wildman–Crippen LogP) is 3.94. The molecule has 156 valence electrons. The molecule has 1 saturated heterocycles. The van der Waals surface area contributed by atoms with Crippen LogP contribution in [0.2, 0.25) is 0 Å². The van der Waals surface area contributed by atoms with Gasteiger partial charge in [-0.05, 0) is 49.7 Å². The molecule has 3 rings (SSSR count). The van der Waals surface area contributed by atoms with Crippen molar-refractivity contribution in [3.63, 3.8) is 0 Å². The van der Waals surface area contributed by atoms with Crippen LogP contribution < -0.4 is 0 Å². The minimum absolute atomic E-state index is 0.0886. The highest BCUT2D eigenvalue weighted by molar-refractivity contribution is 7.88. The first-order chi connectivity index (χ1) is 14.1. The summed E-state index contributed by atoms with van der Waals surface area (Å²) >= 11 is 0. The van der Waals surface area contributed by atoms with E-state index in [0.29, 0.717) is 19.6 Å². The van der Waals surface area contributed by atoms with Gasteiger partial charge in [0.05, 0.1) is 12.4 Å². The van der Waals surface area contributed by atoms with Crippen molar-refractivity contribution in [1.82, 2.24) is 4.31 Å². The van der Waals surface area contributed by atoms with Crippen LogP contribution in [0.3, 0.4) is 0 Å². The second-order valence-electron chi connectivity index (χ2n) is 7.47. The largest absolute Gasteiger partial charge is 0.464 e. The summed E-state index contributed by atoms with van der Waals surface area (Å²) in [5.74, 6) is -0.504. The topological polar surface area (TPSA) is 63.7 Å². The van der Waals surface area contributed by atoms with E-state index >= 15 is 0 Å². The third-order valence-corrected chi connectivity index (χ3v) is 7.07. The molecule has 2 aromatic rings. The van der Waals surface area contributed by atoms with E-state index in [1.54, 1.807) is 12.1 Å². The van der Waals surface area contributed by atoms with Crippen LogP contribution in [0, 0.1) is 0 Å². The molecule has 1 aliphatic heterocycles. The van der Waals surface area contributed by atoms with Gasteiger partial charge >= 0.3 is 5.97 Å². The van der Waals surface area contributed by atoms with Gasteiger partial charge in [0.25, 0.3) is 0 Å². The normalized spacial score (nSPS) is 17.7. The maximum Gasteiger partial charge on any atom is 0.324 e. The number of sulfonamides is 1. The average Bonchev–Trinajstić information content (AvgIpc) is 2.74. The van der Waals surface area contributed by atoms with E-state index in [0.717, 1.165) is 37.7 Å². The van der Waals surface area contributed by atoms with Crippen molar-refractivity contribution >= 4 is 16.0 Å². The SMILES string of the molecule is O=C(OCCCCc1ccccc1)[C@@H]1CCCCN1S(=O)(=O)Cc1ccccc1. The van der Waals surface area contributed by atoms with Gasteiger partial charge in [-0.3, -0.25) is 4.79 Å². The van der Waals surface area contributed by atoms with Crippen LogP contribution in [0.15, 0.2) is 60.7 Å². The summed E-state index contributed by atoms with van der Waals surface area (Å²) in [5, 5.41) is 0. The Morgan fingerprint density at radius 2 is 1.59 bits per heavy atom. The second kappa shape index (κ2) is 10.6. The van der Waals surface area contributed by atoms with E-state index in [1.165, 1.54) is 9.87 Å². The maximum atomic E-state index is 12.9. The number of carbonyl (C=O) groups excluding carboxylic acids is 1. The molecule has 0 N–H and O–H groups in total. The molecular weight excluding hydrogens is 386 g/mol. The summed E-state index contributed by atoms with van der Waals surface area (Å²) in [5.41, 5.74) is 2.00. The predicted molar refractivity (Wildman–Crippen MR) is 114 cm³/mol. The second-order valence-corrected chi connectivity index (χ2v) is 9.40. The number of hydrogen-bond donors (Lipinski definition) is 0. The van der Waals surface area contributed by atoms with Crippen molar-refractivity contribution in [3.05, 3.63) is 71.8 Å². The van der Waals surface area contributed by atoms with E-state index in [2.05, 4.69) is 12.1 Å². The number of esters is 1. The van der Waals surface area contributed by atoms with E-state index in [9.17, 15) is 13.2 Å². The van der Waals surface area contributed by atoms with Gasteiger partial charge in [0.15, 0.2) is 0 Å². The number of benzene rings is 2. The molecule has 2 aromatic carbocycles. The van der Waals surface area contributed by atoms with Gasteiger partial charge in [0.1, 0.15) is 6.04 Å². The van der Waals surface area contributed by atoms with Gasteiger partial charge in [-0.1, -0.05) is 60.7 Å². The smallest absolute Gasteiger partial charge is 0.324 e. The van der Waals surface area contributed by atoms with Gasteiger partial charge in [0.2, 0.25) is 10.0 Å². The Bertz CT molecular complexity index is 868. The van der Waals surface area contributed by atoms with Crippen LogP contribution in [-0.2, 0) is 31.7 Å². The zero-order valence-electron chi connectivity index (χ0n) is 16.7.